The normalized spacial score (nSPS) is 11.4. The van der Waals surface area contributed by atoms with Gasteiger partial charge in [-0.25, -0.2) is 9.31 Å². The van der Waals surface area contributed by atoms with Crippen LogP contribution in [0, 0.1) is 13.8 Å². The maximum atomic E-state index is 13.5. The standard InChI is InChI=1S/C25H23N5O3/c1-4-33-23(31)15-28-22-10-7-8-16(2)24(22)30(25(28)32)20-12-11-19(27-17(20)3)18-14-26-29-13-6-5-9-21(18)29/h5-14H,4,15H2,1-3H3. The van der Waals surface area contributed by atoms with E-state index < -0.39 is 5.97 Å². The number of aromatic nitrogens is 5. The zero-order valence-corrected chi connectivity index (χ0v) is 18.6. The molecule has 0 bridgehead atoms. The highest BCUT2D eigenvalue weighted by Crippen LogP contribution is 2.27. The van der Waals surface area contributed by atoms with E-state index in [4.69, 9.17) is 9.72 Å². The highest BCUT2D eigenvalue weighted by Gasteiger charge is 2.20. The number of fused-ring (bicyclic) bond motifs is 2. The lowest BCUT2D eigenvalue weighted by atomic mass is 10.1. The van der Waals surface area contributed by atoms with Crippen molar-refractivity contribution in [3.8, 4) is 16.9 Å². The lowest BCUT2D eigenvalue weighted by molar-refractivity contribution is -0.143. The van der Waals surface area contributed by atoms with Gasteiger partial charge in [0.25, 0.3) is 0 Å². The minimum atomic E-state index is -0.446. The molecule has 8 heteroatoms. The molecule has 5 rings (SSSR count). The number of rotatable bonds is 5. The Labute approximate surface area is 189 Å². The number of carbonyl (C=O) groups is 1. The van der Waals surface area contributed by atoms with E-state index in [9.17, 15) is 9.59 Å². The number of hydrogen-bond acceptors (Lipinski definition) is 5. The summed E-state index contributed by atoms with van der Waals surface area (Å²) in [5.74, 6) is -0.446. The molecule has 0 saturated heterocycles. The van der Waals surface area contributed by atoms with Crippen molar-refractivity contribution < 1.29 is 9.53 Å². The van der Waals surface area contributed by atoms with E-state index in [1.807, 2.05) is 68.6 Å². The largest absolute Gasteiger partial charge is 0.465 e. The maximum Gasteiger partial charge on any atom is 0.334 e. The molecule has 0 saturated carbocycles. The molecule has 0 spiro atoms. The Hall–Kier alpha value is -4.20. The summed E-state index contributed by atoms with van der Waals surface area (Å²) in [5, 5.41) is 4.39. The number of imidazole rings is 1. The van der Waals surface area contributed by atoms with Crippen molar-refractivity contribution in [3.05, 3.63) is 82.7 Å². The molecule has 0 aliphatic heterocycles. The van der Waals surface area contributed by atoms with Crippen molar-refractivity contribution in [1.29, 1.82) is 0 Å². The molecule has 4 heterocycles. The van der Waals surface area contributed by atoms with E-state index >= 15 is 0 Å². The number of carbonyl (C=O) groups excluding carboxylic acids is 1. The summed E-state index contributed by atoms with van der Waals surface area (Å²) < 4.78 is 9.97. The Bertz CT molecular complexity index is 1570. The molecule has 0 N–H and O–H groups in total. The molecule has 8 nitrogen and oxygen atoms in total. The molecule has 0 aliphatic rings. The van der Waals surface area contributed by atoms with Crippen LogP contribution in [0.2, 0.25) is 0 Å². The molecule has 0 atom stereocenters. The van der Waals surface area contributed by atoms with Gasteiger partial charge in [0.2, 0.25) is 0 Å². The molecule has 0 radical (unpaired) electrons. The number of hydrogen-bond donors (Lipinski definition) is 0. The van der Waals surface area contributed by atoms with E-state index in [1.165, 1.54) is 4.57 Å². The number of esters is 1. The SMILES string of the molecule is CCOC(=O)Cn1c(=O)n(-c2ccc(-c3cnn4ccccc34)nc2C)c2c(C)cccc21. The molecular weight excluding hydrogens is 418 g/mol. The first-order valence-electron chi connectivity index (χ1n) is 10.8. The third-order valence-corrected chi connectivity index (χ3v) is 5.75. The Balaban J connectivity index is 1.67. The van der Waals surface area contributed by atoms with Crippen LogP contribution in [-0.4, -0.2) is 36.3 Å². The Morgan fingerprint density at radius 3 is 2.64 bits per heavy atom. The predicted molar refractivity (Wildman–Crippen MR) is 126 cm³/mol. The smallest absolute Gasteiger partial charge is 0.334 e. The Kier molecular flexibility index (Phi) is 5.05. The van der Waals surface area contributed by atoms with Gasteiger partial charge in [0.05, 0.1) is 46.4 Å². The quantitative estimate of drug-likeness (QED) is 0.389. The summed E-state index contributed by atoms with van der Waals surface area (Å²) in [6.45, 7) is 5.69. The van der Waals surface area contributed by atoms with Gasteiger partial charge in [0.1, 0.15) is 6.54 Å². The summed E-state index contributed by atoms with van der Waals surface area (Å²) in [6, 6.07) is 15.3. The minimum Gasteiger partial charge on any atom is -0.465 e. The third kappa shape index (κ3) is 3.40. The van der Waals surface area contributed by atoms with Crippen LogP contribution in [0.1, 0.15) is 18.2 Å². The van der Waals surface area contributed by atoms with Crippen LogP contribution in [-0.2, 0) is 16.1 Å². The number of nitrogens with zero attached hydrogens (tertiary/aromatic N) is 5. The fourth-order valence-corrected chi connectivity index (χ4v) is 4.26. The summed E-state index contributed by atoms with van der Waals surface area (Å²) in [6.07, 6.45) is 3.68. The molecule has 5 aromatic rings. The second kappa shape index (κ2) is 8.05. The van der Waals surface area contributed by atoms with Crippen LogP contribution in [0.3, 0.4) is 0 Å². The van der Waals surface area contributed by atoms with E-state index in [-0.39, 0.29) is 18.8 Å². The summed E-state index contributed by atoms with van der Waals surface area (Å²) in [5.41, 5.74) is 6.07. The van der Waals surface area contributed by atoms with Crippen molar-refractivity contribution in [1.82, 2.24) is 23.7 Å². The van der Waals surface area contributed by atoms with E-state index in [2.05, 4.69) is 5.10 Å². The molecule has 1 aromatic carbocycles. The van der Waals surface area contributed by atoms with Gasteiger partial charge in [-0.3, -0.25) is 18.9 Å². The predicted octanol–water partition coefficient (Wildman–Crippen LogP) is 3.68. The lowest BCUT2D eigenvalue weighted by Crippen LogP contribution is -2.27. The molecule has 0 unspecified atom stereocenters. The molecule has 33 heavy (non-hydrogen) atoms. The zero-order chi connectivity index (χ0) is 23.1. The number of ether oxygens (including phenoxy) is 1. The molecular formula is C25H23N5O3. The Morgan fingerprint density at radius 2 is 1.85 bits per heavy atom. The topological polar surface area (TPSA) is 83.4 Å². The van der Waals surface area contributed by atoms with E-state index in [0.717, 1.165) is 27.9 Å². The van der Waals surface area contributed by atoms with Crippen LogP contribution >= 0.6 is 0 Å². The van der Waals surface area contributed by atoms with E-state index in [0.29, 0.717) is 16.9 Å². The third-order valence-electron chi connectivity index (χ3n) is 5.75. The van der Waals surface area contributed by atoms with Crippen molar-refractivity contribution >= 4 is 22.5 Å². The zero-order valence-electron chi connectivity index (χ0n) is 18.6. The lowest BCUT2D eigenvalue weighted by Gasteiger charge is -2.10. The second-order valence-electron chi connectivity index (χ2n) is 7.84. The first-order valence-corrected chi connectivity index (χ1v) is 10.8. The fourth-order valence-electron chi connectivity index (χ4n) is 4.26. The van der Waals surface area contributed by atoms with Crippen molar-refractivity contribution in [3.63, 3.8) is 0 Å². The molecule has 0 amide bonds. The number of benzene rings is 1. The minimum absolute atomic E-state index is 0.146. The van der Waals surface area contributed by atoms with E-state index in [1.54, 1.807) is 22.2 Å². The Morgan fingerprint density at radius 1 is 1.03 bits per heavy atom. The fraction of sp³-hybridized carbons (Fsp3) is 0.200. The summed E-state index contributed by atoms with van der Waals surface area (Å²) in [4.78, 5) is 30.5. The monoisotopic (exact) mass is 441 g/mol. The average molecular weight is 441 g/mol. The van der Waals surface area contributed by atoms with Gasteiger partial charge < -0.3 is 4.74 Å². The van der Waals surface area contributed by atoms with Crippen LogP contribution in [0.5, 0.6) is 0 Å². The van der Waals surface area contributed by atoms with Crippen molar-refractivity contribution in [2.24, 2.45) is 0 Å². The van der Waals surface area contributed by atoms with Gasteiger partial charge in [-0.15, -0.1) is 0 Å². The highest BCUT2D eigenvalue weighted by atomic mass is 16.5. The molecule has 0 aliphatic carbocycles. The molecule has 166 valence electrons. The van der Waals surface area contributed by atoms with Gasteiger partial charge in [-0.1, -0.05) is 18.2 Å². The van der Waals surface area contributed by atoms with Gasteiger partial charge >= 0.3 is 11.7 Å². The van der Waals surface area contributed by atoms with Crippen LogP contribution in [0.15, 0.2) is 65.7 Å². The first-order chi connectivity index (χ1) is 16.0. The van der Waals surface area contributed by atoms with Crippen LogP contribution in [0.25, 0.3) is 33.5 Å². The second-order valence-corrected chi connectivity index (χ2v) is 7.84. The summed E-state index contributed by atoms with van der Waals surface area (Å²) >= 11 is 0. The number of para-hydroxylation sites is 1. The van der Waals surface area contributed by atoms with Gasteiger partial charge in [0, 0.05) is 11.8 Å². The first kappa shape index (κ1) is 20.7. The molecule has 0 fully saturated rings. The summed E-state index contributed by atoms with van der Waals surface area (Å²) in [7, 11) is 0. The number of pyridine rings is 2. The molecule has 4 aromatic heterocycles. The van der Waals surface area contributed by atoms with Crippen molar-refractivity contribution in [2.75, 3.05) is 6.61 Å². The van der Waals surface area contributed by atoms with Gasteiger partial charge in [-0.2, -0.15) is 5.10 Å². The van der Waals surface area contributed by atoms with Crippen LogP contribution < -0.4 is 5.69 Å². The van der Waals surface area contributed by atoms with Crippen LogP contribution in [0.4, 0.5) is 0 Å². The average Bonchev–Trinajstić information content (AvgIpc) is 3.35. The van der Waals surface area contributed by atoms with Gasteiger partial charge in [-0.05, 0) is 56.7 Å². The number of aryl methyl sites for hydroxylation is 2. The highest BCUT2D eigenvalue weighted by molar-refractivity contribution is 5.84. The van der Waals surface area contributed by atoms with Crippen molar-refractivity contribution in [2.45, 2.75) is 27.3 Å². The van der Waals surface area contributed by atoms with Gasteiger partial charge in [0.15, 0.2) is 0 Å². The maximum absolute atomic E-state index is 13.5.